The number of rotatable bonds is 5. The van der Waals surface area contributed by atoms with Crippen LogP contribution < -0.4 is 4.74 Å². The van der Waals surface area contributed by atoms with Gasteiger partial charge in [0.05, 0.1) is 18.2 Å². The Kier molecular flexibility index (Phi) is 4.78. The summed E-state index contributed by atoms with van der Waals surface area (Å²) in [7, 11) is 1.32. The second-order valence-electron chi connectivity index (χ2n) is 4.68. The first kappa shape index (κ1) is 15.6. The molecule has 0 spiro atoms. The maximum atomic E-state index is 11.7. The van der Waals surface area contributed by atoms with Crippen molar-refractivity contribution in [2.75, 3.05) is 7.11 Å². The quantitative estimate of drug-likeness (QED) is 0.679. The lowest BCUT2D eigenvalue weighted by Gasteiger charge is -2.13. The number of hydrogen-bond acceptors (Lipinski definition) is 5. The predicted molar refractivity (Wildman–Crippen MR) is 80.3 cm³/mol. The first-order valence-electron chi connectivity index (χ1n) is 6.65. The first-order valence-corrected chi connectivity index (χ1v) is 6.65. The molecule has 0 saturated heterocycles. The van der Waals surface area contributed by atoms with E-state index in [0.29, 0.717) is 28.7 Å². The SMILES string of the molecule is COC(=O)c1ccccc1COc1ccc(O)c(C=O)c1C. The van der Waals surface area contributed by atoms with E-state index in [1.165, 1.54) is 13.2 Å². The van der Waals surface area contributed by atoms with Crippen LogP contribution in [-0.2, 0) is 11.3 Å². The highest BCUT2D eigenvalue weighted by Gasteiger charge is 2.13. The van der Waals surface area contributed by atoms with E-state index in [9.17, 15) is 14.7 Å². The number of aldehydes is 1. The molecule has 0 saturated carbocycles. The number of ether oxygens (including phenoxy) is 2. The number of esters is 1. The Hall–Kier alpha value is -2.82. The van der Waals surface area contributed by atoms with Crippen molar-refractivity contribution in [2.45, 2.75) is 13.5 Å². The summed E-state index contributed by atoms with van der Waals surface area (Å²) in [5, 5.41) is 9.60. The molecule has 0 aliphatic rings. The standard InChI is InChI=1S/C17H16O5/c1-11-14(9-18)15(19)7-8-16(11)22-10-12-5-3-4-6-13(12)17(20)21-2/h3-9,19H,10H2,1-2H3. The predicted octanol–water partition coefficient (Wildman–Crippen LogP) is 2.88. The van der Waals surface area contributed by atoms with Gasteiger partial charge in [0.2, 0.25) is 0 Å². The third-order valence-electron chi connectivity index (χ3n) is 3.37. The van der Waals surface area contributed by atoms with Gasteiger partial charge in [-0.1, -0.05) is 18.2 Å². The Morgan fingerprint density at radius 2 is 1.95 bits per heavy atom. The van der Waals surface area contributed by atoms with E-state index in [4.69, 9.17) is 9.47 Å². The van der Waals surface area contributed by atoms with Crippen molar-refractivity contribution in [3.8, 4) is 11.5 Å². The van der Waals surface area contributed by atoms with Crippen LogP contribution in [-0.4, -0.2) is 24.5 Å². The van der Waals surface area contributed by atoms with Gasteiger partial charge in [-0.3, -0.25) is 4.79 Å². The Balaban J connectivity index is 2.25. The van der Waals surface area contributed by atoms with E-state index in [-0.39, 0.29) is 17.9 Å². The van der Waals surface area contributed by atoms with Crippen molar-refractivity contribution < 1.29 is 24.2 Å². The second kappa shape index (κ2) is 6.76. The minimum Gasteiger partial charge on any atom is -0.507 e. The largest absolute Gasteiger partial charge is 0.507 e. The molecule has 0 heterocycles. The summed E-state index contributed by atoms with van der Waals surface area (Å²) in [6.45, 7) is 1.83. The fraction of sp³-hybridized carbons (Fsp3) is 0.176. The van der Waals surface area contributed by atoms with Crippen molar-refractivity contribution in [2.24, 2.45) is 0 Å². The molecule has 0 aliphatic heterocycles. The normalized spacial score (nSPS) is 10.1. The summed E-state index contributed by atoms with van der Waals surface area (Å²) in [5.41, 5.74) is 1.84. The molecule has 2 rings (SSSR count). The average molecular weight is 300 g/mol. The van der Waals surface area contributed by atoms with Crippen LogP contribution in [0.3, 0.4) is 0 Å². The van der Waals surface area contributed by atoms with Gasteiger partial charge >= 0.3 is 5.97 Å². The van der Waals surface area contributed by atoms with Crippen LogP contribution in [0.2, 0.25) is 0 Å². The minimum atomic E-state index is -0.435. The average Bonchev–Trinajstić information content (AvgIpc) is 2.54. The molecule has 5 nitrogen and oxygen atoms in total. The number of carbonyl (C=O) groups excluding carboxylic acids is 2. The van der Waals surface area contributed by atoms with Crippen molar-refractivity contribution in [3.05, 3.63) is 58.7 Å². The summed E-state index contributed by atoms with van der Waals surface area (Å²) in [5.74, 6) is -0.0513. The fourth-order valence-corrected chi connectivity index (χ4v) is 2.11. The number of carbonyl (C=O) groups is 2. The van der Waals surface area contributed by atoms with Crippen LogP contribution in [0.15, 0.2) is 36.4 Å². The third kappa shape index (κ3) is 3.09. The molecule has 0 bridgehead atoms. The van der Waals surface area contributed by atoms with Crippen molar-refractivity contribution >= 4 is 12.3 Å². The van der Waals surface area contributed by atoms with Gasteiger partial charge in [-0.05, 0) is 25.1 Å². The Morgan fingerprint density at radius 1 is 1.23 bits per heavy atom. The van der Waals surface area contributed by atoms with Gasteiger partial charge in [0.1, 0.15) is 18.1 Å². The first-order chi connectivity index (χ1) is 10.6. The van der Waals surface area contributed by atoms with E-state index in [2.05, 4.69) is 0 Å². The van der Waals surface area contributed by atoms with Crippen LogP contribution in [0.4, 0.5) is 0 Å². The van der Waals surface area contributed by atoms with E-state index < -0.39 is 5.97 Å². The van der Waals surface area contributed by atoms with E-state index in [1.54, 1.807) is 37.3 Å². The van der Waals surface area contributed by atoms with Gasteiger partial charge in [0.25, 0.3) is 0 Å². The molecule has 5 heteroatoms. The van der Waals surface area contributed by atoms with E-state index in [0.717, 1.165) is 0 Å². The smallest absolute Gasteiger partial charge is 0.338 e. The van der Waals surface area contributed by atoms with Gasteiger partial charge in [-0.2, -0.15) is 0 Å². The molecule has 22 heavy (non-hydrogen) atoms. The van der Waals surface area contributed by atoms with Gasteiger partial charge < -0.3 is 14.6 Å². The number of methoxy groups -OCH3 is 1. The molecule has 2 aromatic rings. The highest BCUT2D eigenvalue weighted by atomic mass is 16.5. The van der Waals surface area contributed by atoms with E-state index >= 15 is 0 Å². The number of phenols is 1. The van der Waals surface area contributed by atoms with Crippen LogP contribution in [0.5, 0.6) is 11.5 Å². The molecular formula is C17H16O5. The summed E-state index contributed by atoms with van der Waals surface area (Å²) < 4.78 is 10.4. The highest BCUT2D eigenvalue weighted by molar-refractivity contribution is 5.90. The number of hydrogen-bond donors (Lipinski definition) is 1. The monoisotopic (exact) mass is 300 g/mol. The van der Waals surface area contributed by atoms with Crippen molar-refractivity contribution in [1.82, 2.24) is 0 Å². The van der Waals surface area contributed by atoms with Crippen LogP contribution in [0, 0.1) is 6.92 Å². The third-order valence-corrected chi connectivity index (χ3v) is 3.37. The molecule has 0 aliphatic carbocycles. The molecule has 114 valence electrons. The Bertz CT molecular complexity index is 706. The van der Waals surface area contributed by atoms with Crippen LogP contribution in [0.25, 0.3) is 0 Å². The summed E-state index contributed by atoms with van der Waals surface area (Å²) in [4.78, 5) is 22.7. The highest BCUT2D eigenvalue weighted by Crippen LogP contribution is 2.28. The molecular weight excluding hydrogens is 284 g/mol. The molecule has 0 fully saturated rings. The molecule has 1 N–H and O–H groups in total. The zero-order valence-corrected chi connectivity index (χ0v) is 12.3. The summed E-state index contributed by atoms with van der Waals surface area (Å²) in [6.07, 6.45) is 0.583. The maximum absolute atomic E-state index is 11.7. The van der Waals surface area contributed by atoms with Crippen LogP contribution in [0.1, 0.15) is 31.8 Å². The van der Waals surface area contributed by atoms with Gasteiger partial charge in [-0.25, -0.2) is 4.79 Å². The summed E-state index contributed by atoms with van der Waals surface area (Å²) >= 11 is 0. The second-order valence-corrected chi connectivity index (χ2v) is 4.68. The van der Waals surface area contributed by atoms with Crippen molar-refractivity contribution in [3.63, 3.8) is 0 Å². The minimum absolute atomic E-state index is 0.0881. The topological polar surface area (TPSA) is 72.8 Å². The number of aromatic hydroxyl groups is 1. The zero-order chi connectivity index (χ0) is 16.1. The van der Waals surface area contributed by atoms with Gasteiger partial charge in [0.15, 0.2) is 6.29 Å². The summed E-state index contributed by atoms with van der Waals surface area (Å²) in [6, 6.07) is 9.95. The molecule has 0 aromatic heterocycles. The molecule has 0 radical (unpaired) electrons. The maximum Gasteiger partial charge on any atom is 0.338 e. The lowest BCUT2D eigenvalue weighted by atomic mass is 10.1. The molecule has 2 aromatic carbocycles. The van der Waals surface area contributed by atoms with E-state index in [1.807, 2.05) is 0 Å². The van der Waals surface area contributed by atoms with Crippen LogP contribution >= 0.6 is 0 Å². The van der Waals surface area contributed by atoms with Gasteiger partial charge in [0, 0.05) is 11.1 Å². The molecule has 0 amide bonds. The van der Waals surface area contributed by atoms with Gasteiger partial charge in [-0.15, -0.1) is 0 Å². The zero-order valence-electron chi connectivity index (χ0n) is 12.3. The molecule has 0 atom stereocenters. The fourth-order valence-electron chi connectivity index (χ4n) is 2.11. The number of benzene rings is 2. The Labute approximate surface area is 128 Å². The number of phenolic OH excluding ortho intramolecular Hbond substituents is 1. The van der Waals surface area contributed by atoms with Crippen molar-refractivity contribution in [1.29, 1.82) is 0 Å². The lowest BCUT2D eigenvalue weighted by molar-refractivity contribution is 0.0597. The Morgan fingerprint density at radius 3 is 2.64 bits per heavy atom. The molecule has 0 unspecified atom stereocenters. The lowest BCUT2D eigenvalue weighted by Crippen LogP contribution is -2.08.